The lowest BCUT2D eigenvalue weighted by molar-refractivity contribution is 0.564. The summed E-state index contributed by atoms with van der Waals surface area (Å²) in [6.45, 7) is 1.96. The van der Waals surface area contributed by atoms with E-state index in [1.807, 2.05) is 24.4 Å². The van der Waals surface area contributed by atoms with Gasteiger partial charge in [-0.25, -0.2) is 13.8 Å². The van der Waals surface area contributed by atoms with Crippen molar-refractivity contribution in [2.24, 2.45) is 0 Å². The molecule has 0 aromatic carbocycles. The zero-order valence-corrected chi connectivity index (χ0v) is 11.5. The molecule has 2 N–H and O–H groups in total. The molecule has 2 rings (SSSR count). The largest absolute Gasteiger partial charge is 0.381 e. The van der Waals surface area contributed by atoms with Gasteiger partial charge in [0, 0.05) is 30.5 Å². The number of nitrogens with zero attached hydrogens (tertiary/aromatic N) is 2. The number of rotatable bonds is 4. The molecule has 3 nitrogen and oxygen atoms in total. The van der Waals surface area contributed by atoms with Crippen molar-refractivity contribution in [3.63, 3.8) is 0 Å². The maximum atomic E-state index is 13.7. The number of hydrogen-bond donors (Lipinski definition) is 1. The van der Waals surface area contributed by atoms with Gasteiger partial charge in [-0.2, -0.15) is 0 Å². The first kappa shape index (κ1) is 13.7. The summed E-state index contributed by atoms with van der Waals surface area (Å²) in [5.74, 6) is -1.75. The Labute approximate surface area is 114 Å². The summed E-state index contributed by atoms with van der Waals surface area (Å²) in [5, 5.41) is 2.00. The van der Waals surface area contributed by atoms with Crippen molar-refractivity contribution in [1.82, 2.24) is 4.98 Å². The van der Waals surface area contributed by atoms with Crippen LogP contribution in [0.4, 0.5) is 20.4 Å². The molecule has 0 aliphatic rings. The van der Waals surface area contributed by atoms with Gasteiger partial charge in [-0.1, -0.05) is 6.07 Å². The number of thiophene rings is 1. The summed E-state index contributed by atoms with van der Waals surface area (Å²) in [6.07, 6.45) is 0.770. The van der Waals surface area contributed by atoms with Gasteiger partial charge in [0.1, 0.15) is 0 Å². The van der Waals surface area contributed by atoms with Crippen LogP contribution in [-0.2, 0) is 6.42 Å². The number of aromatic nitrogens is 1. The molecule has 0 saturated heterocycles. The Bertz CT molecular complexity index is 557. The number of pyridine rings is 1. The lowest BCUT2D eigenvalue weighted by atomic mass is 10.2. The van der Waals surface area contributed by atoms with Gasteiger partial charge in [0.15, 0.2) is 23.3 Å². The average Bonchev–Trinajstić information content (AvgIpc) is 2.85. The van der Waals surface area contributed by atoms with E-state index in [9.17, 15) is 8.78 Å². The standard InChI is InChI=1S/C13H15F2N3S/c1-8(6-9-4-3-5-19-9)18(2)13-11(15)7-10(14)12(16)17-13/h3-5,7-8H,6H2,1-2H3,(H2,16,17). The third kappa shape index (κ3) is 3.01. The molecular weight excluding hydrogens is 268 g/mol. The number of hydrogen-bond acceptors (Lipinski definition) is 4. The van der Waals surface area contributed by atoms with Crippen LogP contribution < -0.4 is 10.6 Å². The second-order valence-corrected chi connectivity index (χ2v) is 5.44. The summed E-state index contributed by atoms with van der Waals surface area (Å²) < 4.78 is 26.8. The summed E-state index contributed by atoms with van der Waals surface area (Å²) in [7, 11) is 1.72. The second-order valence-electron chi connectivity index (χ2n) is 4.40. The molecule has 1 unspecified atom stereocenters. The average molecular weight is 283 g/mol. The van der Waals surface area contributed by atoms with Crippen LogP contribution in [0.1, 0.15) is 11.8 Å². The van der Waals surface area contributed by atoms with E-state index in [-0.39, 0.29) is 17.7 Å². The molecule has 2 aromatic heterocycles. The third-order valence-electron chi connectivity index (χ3n) is 3.01. The Morgan fingerprint density at radius 1 is 1.42 bits per heavy atom. The van der Waals surface area contributed by atoms with Crippen molar-refractivity contribution in [3.05, 3.63) is 40.1 Å². The second kappa shape index (κ2) is 5.52. The summed E-state index contributed by atoms with van der Waals surface area (Å²) >= 11 is 1.65. The fraction of sp³-hybridized carbons (Fsp3) is 0.308. The Morgan fingerprint density at radius 3 is 2.79 bits per heavy atom. The monoisotopic (exact) mass is 283 g/mol. The molecule has 6 heteroatoms. The van der Waals surface area contributed by atoms with E-state index in [0.29, 0.717) is 0 Å². The molecule has 0 radical (unpaired) electrons. The zero-order chi connectivity index (χ0) is 14.0. The van der Waals surface area contributed by atoms with Crippen molar-refractivity contribution in [3.8, 4) is 0 Å². The third-order valence-corrected chi connectivity index (χ3v) is 3.91. The molecule has 0 fully saturated rings. The smallest absolute Gasteiger partial charge is 0.168 e. The lowest BCUT2D eigenvalue weighted by Crippen LogP contribution is -2.32. The summed E-state index contributed by atoms with van der Waals surface area (Å²) in [6, 6.07) is 4.80. The van der Waals surface area contributed by atoms with Gasteiger partial charge in [-0.15, -0.1) is 11.3 Å². The van der Waals surface area contributed by atoms with E-state index >= 15 is 0 Å². The van der Waals surface area contributed by atoms with Crippen molar-refractivity contribution in [2.75, 3.05) is 17.7 Å². The first-order valence-electron chi connectivity index (χ1n) is 5.85. The van der Waals surface area contributed by atoms with E-state index < -0.39 is 11.6 Å². The highest BCUT2D eigenvalue weighted by atomic mass is 32.1. The van der Waals surface area contributed by atoms with Crippen LogP contribution >= 0.6 is 11.3 Å². The van der Waals surface area contributed by atoms with Crippen LogP contribution in [0.2, 0.25) is 0 Å². The van der Waals surface area contributed by atoms with Crippen LogP contribution in [0.25, 0.3) is 0 Å². The normalized spacial score (nSPS) is 12.4. The van der Waals surface area contributed by atoms with Gasteiger partial charge in [-0.3, -0.25) is 0 Å². The molecule has 0 bridgehead atoms. The first-order valence-corrected chi connectivity index (χ1v) is 6.73. The van der Waals surface area contributed by atoms with Gasteiger partial charge in [0.2, 0.25) is 0 Å². The predicted octanol–water partition coefficient (Wildman–Crippen LogP) is 3.07. The van der Waals surface area contributed by atoms with Gasteiger partial charge in [0.25, 0.3) is 0 Å². The van der Waals surface area contributed by atoms with Gasteiger partial charge < -0.3 is 10.6 Å². The Kier molecular flexibility index (Phi) is 3.99. The maximum Gasteiger partial charge on any atom is 0.168 e. The number of nitrogens with two attached hydrogens (primary N) is 1. The predicted molar refractivity (Wildman–Crippen MR) is 74.5 cm³/mol. The lowest BCUT2D eigenvalue weighted by Gasteiger charge is -2.26. The molecule has 0 saturated carbocycles. The molecule has 0 spiro atoms. The van der Waals surface area contributed by atoms with Crippen molar-refractivity contribution >= 4 is 23.0 Å². The molecule has 0 aliphatic carbocycles. The van der Waals surface area contributed by atoms with Gasteiger partial charge in [0.05, 0.1) is 0 Å². The number of halogens is 2. The molecular formula is C13H15F2N3S. The molecule has 1 atom stereocenters. The molecule has 2 heterocycles. The fourth-order valence-corrected chi connectivity index (χ4v) is 2.61. The van der Waals surface area contributed by atoms with E-state index in [0.717, 1.165) is 12.5 Å². The van der Waals surface area contributed by atoms with Crippen LogP contribution in [0, 0.1) is 11.6 Å². The van der Waals surface area contributed by atoms with Gasteiger partial charge >= 0.3 is 0 Å². The highest BCUT2D eigenvalue weighted by Crippen LogP contribution is 2.23. The van der Waals surface area contributed by atoms with E-state index in [4.69, 9.17) is 5.73 Å². The van der Waals surface area contributed by atoms with Crippen molar-refractivity contribution < 1.29 is 8.78 Å². The minimum absolute atomic E-state index is 0.0329. The molecule has 2 aromatic rings. The number of likely N-dealkylation sites (N-methyl/N-ethyl adjacent to an activating group) is 1. The number of anilines is 2. The Balaban J connectivity index is 2.19. The van der Waals surface area contributed by atoms with E-state index in [2.05, 4.69) is 4.98 Å². The molecule has 102 valence electrons. The maximum absolute atomic E-state index is 13.7. The topological polar surface area (TPSA) is 42.2 Å². The summed E-state index contributed by atoms with van der Waals surface area (Å²) in [4.78, 5) is 6.65. The quantitative estimate of drug-likeness (QED) is 0.937. The molecule has 0 amide bonds. The van der Waals surface area contributed by atoms with Crippen molar-refractivity contribution in [1.29, 1.82) is 0 Å². The molecule has 0 aliphatic heterocycles. The fourth-order valence-electron chi connectivity index (χ4n) is 1.78. The summed E-state index contributed by atoms with van der Waals surface area (Å²) in [5.41, 5.74) is 5.39. The van der Waals surface area contributed by atoms with Crippen LogP contribution in [0.15, 0.2) is 23.6 Å². The van der Waals surface area contributed by atoms with E-state index in [1.165, 1.54) is 4.88 Å². The van der Waals surface area contributed by atoms with Crippen molar-refractivity contribution in [2.45, 2.75) is 19.4 Å². The Hall–Kier alpha value is -1.69. The highest BCUT2D eigenvalue weighted by Gasteiger charge is 2.18. The molecule has 19 heavy (non-hydrogen) atoms. The zero-order valence-electron chi connectivity index (χ0n) is 10.7. The van der Waals surface area contributed by atoms with Crippen LogP contribution in [-0.4, -0.2) is 18.1 Å². The van der Waals surface area contributed by atoms with Gasteiger partial charge in [-0.05, 0) is 18.4 Å². The SMILES string of the molecule is CC(Cc1cccs1)N(C)c1nc(N)c(F)cc1F. The van der Waals surface area contributed by atoms with E-state index in [1.54, 1.807) is 23.3 Å². The van der Waals surface area contributed by atoms with Crippen LogP contribution in [0.3, 0.4) is 0 Å². The highest BCUT2D eigenvalue weighted by molar-refractivity contribution is 7.09. The first-order chi connectivity index (χ1) is 8.99. The minimum Gasteiger partial charge on any atom is -0.381 e. The van der Waals surface area contributed by atoms with Crippen LogP contribution in [0.5, 0.6) is 0 Å². The number of nitrogen functional groups attached to an aromatic ring is 1. The Morgan fingerprint density at radius 2 is 2.16 bits per heavy atom. The minimum atomic E-state index is -0.833.